The molecule has 1 aromatic carbocycles. The molecule has 6 heteroatoms. The number of hydrogen-bond acceptors (Lipinski definition) is 5. The predicted octanol–water partition coefficient (Wildman–Crippen LogP) is 1.20. The molecule has 0 aliphatic carbocycles. The Labute approximate surface area is 114 Å². The van der Waals surface area contributed by atoms with Gasteiger partial charge in [0.25, 0.3) is 0 Å². The van der Waals surface area contributed by atoms with E-state index in [0.29, 0.717) is 12.1 Å². The summed E-state index contributed by atoms with van der Waals surface area (Å²) in [6.45, 7) is 0. The first kappa shape index (κ1) is 12.3. The number of fused-ring (bicyclic) bond motifs is 1. The second kappa shape index (κ2) is 5.08. The zero-order chi connectivity index (χ0) is 13.9. The Morgan fingerprint density at radius 3 is 2.65 bits per heavy atom. The van der Waals surface area contributed by atoms with Gasteiger partial charge in [0, 0.05) is 18.5 Å². The fourth-order valence-electron chi connectivity index (χ4n) is 2.00. The molecule has 3 rings (SSSR count). The van der Waals surface area contributed by atoms with Crippen molar-refractivity contribution >= 4 is 11.0 Å². The highest BCUT2D eigenvalue weighted by Gasteiger charge is 2.03. The largest absolute Gasteiger partial charge is 0.503 e. The van der Waals surface area contributed by atoms with Gasteiger partial charge in [0.2, 0.25) is 0 Å². The van der Waals surface area contributed by atoms with Crippen LogP contribution in [-0.2, 0) is 12.8 Å². The van der Waals surface area contributed by atoms with Crippen LogP contribution in [0.2, 0.25) is 0 Å². The molecule has 0 radical (unpaired) electrons. The summed E-state index contributed by atoms with van der Waals surface area (Å²) in [5.41, 5.74) is 2.87. The third-order valence-corrected chi connectivity index (χ3v) is 3.04. The molecule has 20 heavy (non-hydrogen) atoms. The number of aromatic nitrogens is 4. The van der Waals surface area contributed by atoms with E-state index in [-0.39, 0.29) is 5.75 Å². The van der Waals surface area contributed by atoms with E-state index in [9.17, 15) is 9.90 Å². The van der Waals surface area contributed by atoms with Crippen LogP contribution in [0.15, 0.2) is 41.5 Å². The second-order valence-corrected chi connectivity index (χ2v) is 4.45. The van der Waals surface area contributed by atoms with Gasteiger partial charge in [0.05, 0.1) is 16.7 Å². The lowest BCUT2D eigenvalue weighted by molar-refractivity contribution is 0.462. The van der Waals surface area contributed by atoms with E-state index in [1.807, 2.05) is 18.2 Å². The second-order valence-electron chi connectivity index (χ2n) is 4.45. The zero-order valence-corrected chi connectivity index (χ0v) is 10.6. The number of nitrogens with one attached hydrogen (secondary N) is 1. The minimum atomic E-state index is -0.574. The third kappa shape index (κ3) is 2.49. The first-order chi connectivity index (χ1) is 9.72. The van der Waals surface area contributed by atoms with Gasteiger partial charge < -0.3 is 5.11 Å². The third-order valence-electron chi connectivity index (χ3n) is 3.04. The average molecular weight is 268 g/mol. The molecular formula is C14H12N4O2. The Hall–Kier alpha value is -2.76. The molecule has 3 aromatic rings. The van der Waals surface area contributed by atoms with Crippen LogP contribution in [0.4, 0.5) is 0 Å². The van der Waals surface area contributed by atoms with E-state index in [1.54, 1.807) is 12.4 Å². The van der Waals surface area contributed by atoms with E-state index < -0.39 is 5.56 Å². The van der Waals surface area contributed by atoms with Crippen molar-refractivity contribution in [3.63, 3.8) is 0 Å². The van der Waals surface area contributed by atoms with Gasteiger partial charge in [0.1, 0.15) is 0 Å². The fourth-order valence-corrected chi connectivity index (χ4v) is 2.00. The van der Waals surface area contributed by atoms with E-state index in [4.69, 9.17) is 0 Å². The van der Waals surface area contributed by atoms with Crippen molar-refractivity contribution in [1.29, 1.82) is 0 Å². The molecule has 0 atom stereocenters. The van der Waals surface area contributed by atoms with Gasteiger partial charge in [-0.3, -0.25) is 14.8 Å². The standard InChI is InChI=1S/C14H12N4O2/c19-13-8-10(17-18-14(13)20)3-1-9-2-4-11-12(7-9)16-6-5-15-11/h2,4-8H,1,3H2,(H,17,19)(H,18,20). The van der Waals surface area contributed by atoms with Crippen molar-refractivity contribution in [2.75, 3.05) is 0 Å². The smallest absolute Gasteiger partial charge is 0.306 e. The molecule has 6 nitrogen and oxygen atoms in total. The van der Waals surface area contributed by atoms with E-state index in [1.165, 1.54) is 6.07 Å². The average Bonchev–Trinajstić information content (AvgIpc) is 2.48. The maximum atomic E-state index is 11.0. The van der Waals surface area contributed by atoms with Crippen LogP contribution in [0, 0.1) is 0 Å². The Kier molecular flexibility index (Phi) is 3.12. The first-order valence-electron chi connectivity index (χ1n) is 6.19. The van der Waals surface area contributed by atoms with Crippen molar-refractivity contribution in [3.05, 3.63) is 58.3 Å². The minimum Gasteiger partial charge on any atom is -0.503 e. The first-order valence-corrected chi connectivity index (χ1v) is 6.19. The summed E-state index contributed by atoms with van der Waals surface area (Å²) in [5, 5.41) is 15.5. The summed E-state index contributed by atoms with van der Waals surface area (Å²) in [6, 6.07) is 7.28. The van der Waals surface area contributed by atoms with Gasteiger partial charge in [-0.05, 0) is 30.5 Å². The number of aromatic hydroxyl groups is 1. The number of H-pyrrole nitrogens is 1. The Morgan fingerprint density at radius 2 is 1.85 bits per heavy atom. The van der Waals surface area contributed by atoms with Gasteiger partial charge in [-0.2, -0.15) is 5.10 Å². The molecule has 0 unspecified atom stereocenters. The van der Waals surface area contributed by atoms with Gasteiger partial charge in [-0.1, -0.05) is 6.07 Å². The van der Waals surface area contributed by atoms with Crippen molar-refractivity contribution < 1.29 is 5.11 Å². The van der Waals surface area contributed by atoms with Crippen molar-refractivity contribution in [2.45, 2.75) is 12.8 Å². The van der Waals surface area contributed by atoms with Crippen LogP contribution >= 0.6 is 0 Å². The van der Waals surface area contributed by atoms with E-state index in [0.717, 1.165) is 23.0 Å². The highest BCUT2D eigenvalue weighted by atomic mass is 16.3. The van der Waals surface area contributed by atoms with Crippen LogP contribution in [0.5, 0.6) is 5.75 Å². The lowest BCUT2D eigenvalue weighted by Gasteiger charge is -2.03. The molecule has 0 fully saturated rings. The Morgan fingerprint density at radius 1 is 1.05 bits per heavy atom. The predicted molar refractivity (Wildman–Crippen MR) is 73.5 cm³/mol. The molecule has 0 spiro atoms. The molecule has 2 N–H and O–H groups in total. The molecule has 0 amide bonds. The number of hydrogen-bond donors (Lipinski definition) is 2. The van der Waals surface area contributed by atoms with Crippen LogP contribution in [-0.4, -0.2) is 25.3 Å². The molecule has 0 saturated carbocycles. The zero-order valence-electron chi connectivity index (χ0n) is 10.6. The van der Waals surface area contributed by atoms with E-state index in [2.05, 4.69) is 20.2 Å². The summed E-state index contributed by atoms with van der Waals surface area (Å²) in [6.07, 6.45) is 4.68. The Balaban J connectivity index is 1.79. The fraction of sp³-hybridized carbons (Fsp3) is 0.143. The summed E-state index contributed by atoms with van der Waals surface area (Å²) < 4.78 is 0. The summed E-state index contributed by atoms with van der Waals surface area (Å²) in [4.78, 5) is 19.5. The lowest BCUT2D eigenvalue weighted by atomic mass is 10.1. The van der Waals surface area contributed by atoms with Crippen LogP contribution in [0.3, 0.4) is 0 Å². The van der Waals surface area contributed by atoms with Crippen LogP contribution in [0.25, 0.3) is 11.0 Å². The molecular weight excluding hydrogens is 256 g/mol. The monoisotopic (exact) mass is 268 g/mol. The minimum absolute atomic E-state index is 0.306. The van der Waals surface area contributed by atoms with Gasteiger partial charge in [-0.15, -0.1) is 0 Å². The van der Waals surface area contributed by atoms with Crippen LogP contribution < -0.4 is 5.56 Å². The molecule has 0 aliphatic heterocycles. The molecule has 100 valence electrons. The maximum absolute atomic E-state index is 11.0. The highest BCUT2D eigenvalue weighted by Crippen LogP contribution is 2.13. The van der Waals surface area contributed by atoms with Crippen molar-refractivity contribution in [2.24, 2.45) is 0 Å². The SMILES string of the molecule is O=c1[nH]nc(CCc2ccc3nccnc3c2)cc1O. The topological polar surface area (TPSA) is 91.8 Å². The van der Waals surface area contributed by atoms with Gasteiger partial charge >= 0.3 is 5.56 Å². The molecule has 2 aromatic heterocycles. The number of aryl methyl sites for hydroxylation is 2. The highest BCUT2D eigenvalue weighted by molar-refractivity contribution is 5.74. The summed E-state index contributed by atoms with van der Waals surface area (Å²) in [5.74, 6) is -0.306. The number of rotatable bonds is 3. The van der Waals surface area contributed by atoms with Gasteiger partial charge in [-0.25, -0.2) is 5.10 Å². The maximum Gasteiger partial charge on any atom is 0.306 e. The van der Waals surface area contributed by atoms with Gasteiger partial charge in [0.15, 0.2) is 5.75 Å². The Bertz CT molecular complexity index is 813. The molecule has 2 heterocycles. The van der Waals surface area contributed by atoms with E-state index >= 15 is 0 Å². The molecule has 0 saturated heterocycles. The normalized spacial score (nSPS) is 10.8. The molecule has 0 aliphatic rings. The quantitative estimate of drug-likeness (QED) is 0.744. The van der Waals surface area contributed by atoms with Crippen molar-refractivity contribution in [1.82, 2.24) is 20.2 Å². The molecule has 0 bridgehead atoms. The summed E-state index contributed by atoms with van der Waals surface area (Å²) in [7, 11) is 0. The number of aromatic amines is 1. The lowest BCUT2D eigenvalue weighted by Crippen LogP contribution is -2.09. The summed E-state index contributed by atoms with van der Waals surface area (Å²) >= 11 is 0. The number of nitrogens with zero attached hydrogens (tertiary/aromatic N) is 3. The number of benzene rings is 1. The van der Waals surface area contributed by atoms with Crippen LogP contribution in [0.1, 0.15) is 11.3 Å². The van der Waals surface area contributed by atoms with Crippen molar-refractivity contribution in [3.8, 4) is 5.75 Å².